The summed E-state index contributed by atoms with van der Waals surface area (Å²) in [6, 6.07) is 0. The van der Waals surface area contributed by atoms with E-state index in [0.29, 0.717) is 31.6 Å². The molecule has 0 radical (unpaired) electrons. The Kier molecular flexibility index (Phi) is 59.4. The number of esters is 4. The maximum Gasteiger partial charge on any atom is 0.472 e. The van der Waals surface area contributed by atoms with Crippen molar-refractivity contribution in [2.24, 2.45) is 23.7 Å². The van der Waals surface area contributed by atoms with Crippen LogP contribution in [0, 0.1) is 23.7 Å². The van der Waals surface area contributed by atoms with Gasteiger partial charge in [-0.3, -0.25) is 37.3 Å². The van der Waals surface area contributed by atoms with Crippen LogP contribution in [0.2, 0.25) is 0 Å². The first-order valence-corrected chi connectivity index (χ1v) is 39.8. The summed E-state index contributed by atoms with van der Waals surface area (Å²) in [5.74, 6) is 0.889. The second kappa shape index (κ2) is 60.7. The van der Waals surface area contributed by atoms with Gasteiger partial charge in [-0.15, -0.1) is 0 Å². The molecule has 0 aromatic carbocycles. The van der Waals surface area contributed by atoms with Crippen molar-refractivity contribution >= 4 is 39.5 Å². The number of hydrogen-bond donors (Lipinski definition) is 3. The maximum atomic E-state index is 13.0. The number of carbonyl (C=O) groups excluding carboxylic acids is 4. The third kappa shape index (κ3) is 62.2. The van der Waals surface area contributed by atoms with E-state index in [1.807, 2.05) is 0 Å². The summed E-state index contributed by atoms with van der Waals surface area (Å²) in [6.45, 7) is 14.1. The zero-order chi connectivity index (χ0) is 66.8. The Morgan fingerprint density at radius 2 is 0.533 bits per heavy atom. The minimum absolute atomic E-state index is 0.104. The molecule has 0 heterocycles. The molecule has 0 aliphatic rings. The monoisotopic (exact) mass is 1320 g/mol. The van der Waals surface area contributed by atoms with Gasteiger partial charge in [0.25, 0.3) is 0 Å². The van der Waals surface area contributed by atoms with Crippen molar-refractivity contribution < 1.29 is 80.2 Å². The fourth-order valence-corrected chi connectivity index (χ4v) is 12.2. The molecule has 0 bridgehead atoms. The molecule has 0 rings (SSSR count). The van der Waals surface area contributed by atoms with Gasteiger partial charge in [0, 0.05) is 25.7 Å². The van der Waals surface area contributed by atoms with Gasteiger partial charge < -0.3 is 33.8 Å². The van der Waals surface area contributed by atoms with Gasteiger partial charge in [0.2, 0.25) is 0 Å². The molecule has 7 atom stereocenters. The molecule has 0 aliphatic carbocycles. The molecule has 0 saturated carbocycles. The highest BCUT2D eigenvalue weighted by Gasteiger charge is 2.30. The first-order valence-electron chi connectivity index (χ1n) is 36.8. The summed E-state index contributed by atoms with van der Waals surface area (Å²) >= 11 is 0. The molecule has 0 aliphatic heterocycles. The van der Waals surface area contributed by atoms with Crippen LogP contribution in [0.1, 0.15) is 351 Å². The van der Waals surface area contributed by atoms with E-state index >= 15 is 0 Å². The summed E-state index contributed by atoms with van der Waals surface area (Å²) < 4.78 is 68.3. The molecule has 0 aromatic rings. The third-order valence-corrected chi connectivity index (χ3v) is 18.9. The van der Waals surface area contributed by atoms with Gasteiger partial charge in [-0.05, 0) is 49.4 Å². The molecule has 3 N–H and O–H groups in total. The molecular formula is C71H138O17P2. The van der Waals surface area contributed by atoms with Crippen molar-refractivity contribution in [2.75, 3.05) is 39.6 Å². The van der Waals surface area contributed by atoms with Crippen LogP contribution in [0.25, 0.3) is 0 Å². The van der Waals surface area contributed by atoms with Crippen molar-refractivity contribution in [1.29, 1.82) is 0 Å². The smallest absolute Gasteiger partial charge is 0.462 e. The SMILES string of the molecule is CCC(C)CCCCCCCCCCCCCCCCC(=O)O[C@H](COC(=O)CCCCCCCCC(C)C)COP(=O)(O)OC[C@H](O)COP(=O)(O)OC[C@@H](COC(=O)CCCCCCCCCCC(C)C)OC(=O)CCCCCCCCCCC(C)CC. The van der Waals surface area contributed by atoms with Gasteiger partial charge in [0.15, 0.2) is 12.2 Å². The van der Waals surface area contributed by atoms with Crippen LogP contribution in [0.5, 0.6) is 0 Å². The van der Waals surface area contributed by atoms with Crippen molar-refractivity contribution in [2.45, 2.75) is 369 Å². The molecule has 0 amide bonds. The molecule has 534 valence electrons. The Hall–Kier alpha value is -1.94. The third-order valence-electron chi connectivity index (χ3n) is 17.0. The minimum atomic E-state index is -4.95. The van der Waals surface area contributed by atoms with Crippen molar-refractivity contribution in [3.8, 4) is 0 Å². The molecular weight excluding hydrogens is 1190 g/mol. The van der Waals surface area contributed by atoms with Gasteiger partial charge in [-0.2, -0.15) is 0 Å². The van der Waals surface area contributed by atoms with E-state index in [2.05, 4.69) is 55.4 Å². The molecule has 0 spiro atoms. The highest BCUT2D eigenvalue weighted by Crippen LogP contribution is 2.45. The predicted molar refractivity (Wildman–Crippen MR) is 363 cm³/mol. The average Bonchev–Trinajstić information content (AvgIpc) is 3.71. The number of hydrogen-bond acceptors (Lipinski definition) is 15. The lowest BCUT2D eigenvalue weighted by Gasteiger charge is -2.21. The van der Waals surface area contributed by atoms with Crippen molar-refractivity contribution in [3.63, 3.8) is 0 Å². The number of unbranched alkanes of at least 4 members (excludes halogenated alkanes) is 32. The van der Waals surface area contributed by atoms with Crippen LogP contribution in [0.15, 0.2) is 0 Å². The van der Waals surface area contributed by atoms with Gasteiger partial charge >= 0.3 is 39.5 Å². The van der Waals surface area contributed by atoms with E-state index in [4.69, 9.17) is 37.0 Å². The van der Waals surface area contributed by atoms with Gasteiger partial charge in [-0.25, -0.2) is 9.13 Å². The molecule has 17 nitrogen and oxygen atoms in total. The highest BCUT2D eigenvalue weighted by molar-refractivity contribution is 7.47. The largest absolute Gasteiger partial charge is 0.472 e. The lowest BCUT2D eigenvalue weighted by molar-refractivity contribution is -0.161. The topological polar surface area (TPSA) is 237 Å². The molecule has 90 heavy (non-hydrogen) atoms. The van der Waals surface area contributed by atoms with Gasteiger partial charge in [-0.1, -0.05) is 299 Å². The second-order valence-corrected chi connectivity index (χ2v) is 30.0. The number of phosphoric ester groups is 2. The van der Waals surface area contributed by atoms with E-state index < -0.39 is 97.5 Å². The first-order chi connectivity index (χ1) is 43.2. The lowest BCUT2D eigenvalue weighted by Crippen LogP contribution is -2.30. The minimum Gasteiger partial charge on any atom is -0.462 e. The maximum absolute atomic E-state index is 13.0. The number of aliphatic hydroxyl groups is 1. The van der Waals surface area contributed by atoms with Crippen LogP contribution in [-0.2, 0) is 65.4 Å². The van der Waals surface area contributed by atoms with E-state index in [1.165, 1.54) is 148 Å². The fraction of sp³-hybridized carbons (Fsp3) is 0.944. The predicted octanol–water partition coefficient (Wildman–Crippen LogP) is 20.1. The fourth-order valence-electron chi connectivity index (χ4n) is 10.6. The number of phosphoric acid groups is 2. The summed E-state index contributed by atoms with van der Waals surface area (Å²) in [7, 11) is -9.90. The van der Waals surface area contributed by atoms with Gasteiger partial charge in [0.1, 0.15) is 19.3 Å². The number of rotatable bonds is 68. The Morgan fingerprint density at radius 3 is 0.789 bits per heavy atom. The van der Waals surface area contributed by atoms with E-state index in [1.54, 1.807) is 0 Å². The molecule has 19 heteroatoms. The summed E-state index contributed by atoms with van der Waals surface area (Å²) in [5.41, 5.74) is 0. The van der Waals surface area contributed by atoms with Crippen LogP contribution in [0.3, 0.4) is 0 Å². The van der Waals surface area contributed by atoms with Crippen LogP contribution in [0.4, 0.5) is 0 Å². The Bertz CT molecular complexity index is 1790. The Morgan fingerprint density at radius 1 is 0.311 bits per heavy atom. The van der Waals surface area contributed by atoms with Crippen LogP contribution in [-0.4, -0.2) is 96.7 Å². The highest BCUT2D eigenvalue weighted by atomic mass is 31.2. The van der Waals surface area contributed by atoms with Crippen LogP contribution >= 0.6 is 15.6 Å². The lowest BCUT2D eigenvalue weighted by atomic mass is 9.99. The van der Waals surface area contributed by atoms with Crippen molar-refractivity contribution in [1.82, 2.24) is 0 Å². The second-order valence-electron chi connectivity index (χ2n) is 27.1. The average molecular weight is 1330 g/mol. The number of carbonyl (C=O) groups is 4. The summed E-state index contributed by atoms with van der Waals surface area (Å²) in [5, 5.41) is 10.6. The summed E-state index contributed by atoms with van der Waals surface area (Å²) in [6.07, 6.45) is 43.2. The van der Waals surface area contributed by atoms with Gasteiger partial charge in [0.05, 0.1) is 26.4 Å². The van der Waals surface area contributed by atoms with E-state index in [-0.39, 0.29) is 25.7 Å². The molecule has 0 fully saturated rings. The zero-order valence-corrected chi connectivity index (χ0v) is 60.6. The Balaban J connectivity index is 5.22. The number of aliphatic hydroxyl groups excluding tert-OH is 1. The zero-order valence-electron chi connectivity index (χ0n) is 58.8. The van der Waals surface area contributed by atoms with Crippen molar-refractivity contribution in [3.05, 3.63) is 0 Å². The molecule has 0 saturated heterocycles. The molecule has 0 aromatic heterocycles. The Labute approximate surface area is 549 Å². The molecule has 4 unspecified atom stereocenters. The summed E-state index contributed by atoms with van der Waals surface area (Å²) in [4.78, 5) is 72.5. The quantitative estimate of drug-likeness (QED) is 0.0222. The van der Waals surface area contributed by atoms with Crippen LogP contribution < -0.4 is 0 Å². The number of ether oxygens (including phenoxy) is 4. The first kappa shape index (κ1) is 88.1. The van der Waals surface area contributed by atoms with E-state index in [0.717, 1.165) is 114 Å². The standard InChI is InChI=1S/C71H138O17P2/c1-9-63(7)49-41-33-24-17-15-13-11-12-14-16-18-27-37-45-53-70(75)87-67(58-82-69(74)52-44-36-30-29-32-40-48-62(5)6)60-86-90(79,80)84-56-65(72)55-83-89(77,78)85-59-66(57-81-68(73)51-43-35-26-21-19-23-31-39-47-61(3)4)88-71(76)54-46-38-28-22-20-25-34-42-50-64(8)10-2/h61-67,72H,9-60H2,1-8H3,(H,77,78)(H,79,80)/t63?,64?,65-,66-,67-/m1/s1. The normalized spacial score (nSPS) is 14.9. The van der Waals surface area contributed by atoms with E-state index in [9.17, 15) is 43.2 Å².